The van der Waals surface area contributed by atoms with Crippen molar-refractivity contribution >= 4 is 40.3 Å². The Morgan fingerprint density at radius 3 is 2.62 bits per heavy atom. The van der Waals surface area contributed by atoms with E-state index in [1.807, 2.05) is 0 Å². The smallest absolute Gasteiger partial charge is 0.262 e. The maximum Gasteiger partial charge on any atom is 0.262 e. The first-order chi connectivity index (χ1) is 13.9. The van der Waals surface area contributed by atoms with E-state index in [0.717, 1.165) is 5.56 Å². The van der Waals surface area contributed by atoms with Crippen molar-refractivity contribution in [3.8, 4) is 17.2 Å². The first-order valence-electron chi connectivity index (χ1n) is 8.57. The molecule has 0 aliphatic carbocycles. The van der Waals surface area contributed by atoms with Crippen molar-refractivity contribution < 1.29 is 14.4 Å². The number of aliphatic imine (C=N–C) groups is 1. The number of hydrogen-bond donors (Lipinski definition) is 0. The molecule has 0 saturated carbocycles. The zero-order valence-electron chi connectivity index (χ0n) is 15.1. The molecular formula is C21H13ClN3O4-. The Hall–Kier alpha value is -3.71. The van der Waals surface area contributed by atoms with Crippen molar-refractivity contribution in [2.75, 3.05) is 0 Å². The minimum atomic E-state index is -0.686. The summed E-state index contributed by atoms with van der Waals surface area (Å²) in [5, 5.41) is 23.7. The van der Waals surface area contributed by atoms with Gasteiger partial charge in [0.2, 0.25) is 5.89 Å². The Morgan fingerprint density at radius 1 is 1.14 bits per heavy atom. The van der Waals surface area contributed by atoms with Crippen LogP contribution in [0.15, 0.2) is 64.0 Å². The lowest BCUT2D eigenvalue weighted by molar-refractivity contribution is -0.398. The third-order valence-electron chi connectivity index (χ3n) is 4.26. The number of halogens is 1. The zero-order chi connectivity index (χ0) is 20.5. The van der Waals surface area contributed by atoms with Crippen molar-refractivity contribution in [3.05, 3.63) is 80.9 Å². The Morgan fingerprint density at radius 2 is 1.90 bits per heavy atom. The maximum absolute atomic E-state index is 12.2. The summed E-state index contributed by atoms with van der Waals surface area (Å²) in [6, 6.07) is 15.1. The van der Waals surface area contributed by atoms with Crippen LogP contribution in [0.1, 0.15) is 11.1 Å². The van der Waals surface area contributed by atoms with E-state index in [0.29, 0.717) is 33.3 Å². The molecule has 0 aliphatic rings. The Balaban J connectivity index is 1.60. The van der Waals surface area contributed by atoms with Crippen LogP contribution in [-0.4, -0.2) is 16.1 Å². The number of aromatic nitrogens is 1. The summed E-state index contributed by atoms with van der Waals surface area (Å²) in [4.78, 5) is 19.0. The van der Waals surface area contributed by atoms with E-state index in [4.69, 9.17) is 16.0 Å². The van der Waals surface area contributed by atoms with Crippen LogP contribution in [0.4, 0.5) is 11.4 Å². The van der Waals surface area contributed by atoms with E-state index in [1.54, 1.807) is 55.5 Å². The molecule has 0 N–H and O–H groups in total. The Bertz CT molecular complexity index is 1260. The summed E-state index contributed by atoms with van der Waals surface area (Å²) < 4.78 is 5.73. The van der Waals surface area contributed by atoms with E-state index in [9.17, 15) is 15.2 Å². The molecule has 0 aliphatic heterocycles. The summed E-state index contributed by atoms with van der Waals surface area (Å²) in [5.74, 6) is -0.208. The highest BCUT2D eigenvalue weighted by Gasteiger charge is 2.11. The second-order valence-corrected chi connectivity index (χ2v) is 6.83. The molecule has 8 heteroatoms. The van der Waals surface area contributed by atoms with Crippen LogP contribution >= 0.6 is 11.6 Å². The SMILES string of the molecule is Cc1cc(C=Nc2ccc(-c3nc4cc(Cl)ccc4o3)cc2)c([O-])c([N+](=O)[O-])c1. The highest BCUT2D eigenvalue weighted by Crippen LogP contribution is 2.29. The number of hydrogen-bond acceptors (Lipinski definition) is 6. The van der Waals surface area contributed by atoms with Crippen LogP contribution in [0, 0.1) is 17.0 Å². The lowest BCUT2D eigenvalue weighted by Crippen LogP contribution is -2.02. The van der Waals surface area contributed by atoms with E-state index in [2.05, 4.69) is 9.98 Å². The van der Waals surface area contributed by atoms with Gasteiger partial charge in [0.05, 0.1) is 10.6 Å². The Labute approximate surface area is 170 Å². The largest absolute Gasteiger partial charge is 0.867 e. The quantitative estimate of drug-likeness (QED) is 0.263. The minimum Gasteiger partial charge on any atom is -0.867 e. The van der Waals surface area contributed by atoms with E-state index >= 15 is 0 Å². The number of nitro groups is 1. The van der Waals surface area contributed by atoms with Gasteiger partial charge >= 0.3 is 0 Å². The summed E-state index contributed by atoms with van der Waals surface area (Å²) in [6.45, 7) is 1.69. The van der Waals surface area contributed by atoms with Crippen LogP contribution in [0.3, 0.4) is 0 Å². The fraction of sp³-hybridized carbons (Fsp3) is 0.0476. The van der Waals surface area contributed by atoms with Gasteiger partial charge in [-0.05, 0) is 66.3 Å². The number of fused-ring (bicyclic) bond motifs is 1. The van der Waals surface area contributed by atoms with Gasteiger partial charge in [0.15, 0.2) is 5.58 Å². The van der Waals surface area contributed by atoms with E-state index in [-0.39, 0.29) is 5.56 Å². The molecule has 0 amide bonds. The fourth-order valence-corrected chi connectivity index (χ4v) is 3.04. The lowest BCUT2D eigenvalue weighted by Gasteiger charge is -2.11. The summed E-state index contributed by atoms with van der Waals surface area (Å²) >= 11 is 5.97. The third kappa shape index (κ3) is 3.81. The average Bonchev–Trinajstić information content (AvgIpc) is 3.11. The highest BCUT2D eigenvalue weighted by atomic mass is 35.5. The topological polar surface area (TPSA) is 105 Å². The van der Waals surface area contributed by atoms with Gasteiger partial charge in [-0.15, -0.1) is 0 Å². The molecule has 0 bridgehead atoms. The van der Waals surface area contributed by atoms with Gasteiger partial charge in [0.1, 0.15) is 5.52 Å². The van der Waals surface area contributed by atoms with Crippen molar-refractivity contribution in [1.82, 2.24) is 4.98 Å². The number of oxazole rings is 1. The van der Waals surface area contributed by atoms with Gasteiger partial charge in [-0.25, -0.2) is 4.98 Å². The van der Waals surface area contributed by atoms with Crippen LogP contribution in [-0.2, 0) is 0 Å². The average molecular weight is 407 g/mol. The molecule has 0 fully saturated rings. The molecule has 144 valence electrons. The van der Waals surface area contributed by atoms with Gasteiger partial charge in [-0.3, -0.25) is 15.1 Å². The summed E-state index contributed by atoms with van der Waals surface area (Å²) in [7, 11) is 0. The highest BCUT2D eigenvalue weighted by molar-refractivity contribution is 6.31. The van der Waals surface area contributed by atoms with Crippen LogP contribution in [0.5, 0.6) is 5.75 Å². The minimum absolute atomic E-state index is 0.164. The number of nitrogens with zero attached hydrogens (tertiary/aromatic N) is 3. The fourth-order valence-electron chi connectivity index (χ4n) is 2.87. The molecule has 1 heterocycles. The zero-order valence-corrected chi connectivity index (χ0v) is 15.9. The molecule has 1 aromatic heterocycles. The molecule has 7 nitrogen and oxygen atoms in total. The van der Waals surface area contributed by atoms with Crippen molar-refractivity contribution in [2.45, 2.75) is 6.92 Å². The van der Waals surface area contributed by atoms with Crippen molar-refractivity contribution in [1.29, 1.82) is 0 Å². The van der Waals surface area contributed by atoms with Gasteiger partial charge in [0.25, 0.3) is 5.69 Å². The predicted molar refractivity (Wildman–Crippen MR) is 109 cm³/mol. The van der Waals surface area contributed by atoms with Crippen molar-refractivity contribution in [2.24, 2.45) is 4.99 Å². The standard InChI is InChI=1S/C21H14ClN3O4/c1-12-8-14(20(26)18(9-12)25(27)28)11-23-16-5-2-13(3-6-16)21-24-17-10-15(22)4-7-19(17)29-21/h2-11,26H,1H3/p-1. The second kappa shape index (κ2) is 7.37. The van der Waals surface area contributed by atoms with Gasteiger partial charge in [-0.1, -0.05) is 17.7 Å². The molecule has 4 rings (SSSR count). The number of nitro benzene ring substituents is 1. The molecule has 0 unspecified atom stereocenters. The monoisotopic (exact) mass is 406 g/mol. The van der Waals surface area contributed by atoms with Crippen LogP contribution in [0.2, 0.25) is 5.02 Å². The van der Waals surface area contributed by atoms with Crippen LogP contribution < -0.4 is 5.11 Å². The predicted octanol–water partition coefficient (Wildman–Crippen LogP) is 5.19. The number of aryl methyl sites for hydroxylation is 1. The molecule has 4 aromatic rings. The number of benzene rings is 3. The molecule has 29 heavy (non-hydrogen) atoms. The van der Waals surface area contributed by atoms with Crippen molar-refractivity contribution in [3.63, 3.8) is 0 Å². The van der Waals surface area contributed by atoms with E-state index in [1.165, 1.54) is 12.3 Å². The first-order valence-corrected chi connectivity index (χ1v) is 8.95. The molecule has 3 aromatic carbocycles. The third-order valence-corrected chi connectivity index (χ3v) is 4.49. The Kier molecular flexibility index (Phi) is 4.74. The van der Waals surface area contributed by atoms with E-state index < -0.39 is 16.4 Å². The molecular weight excluding hydrogens is 394 g/mol. The maximum atomic E-state index is 12.2. The van der Waals surface area contributed by atoms with Gasteiger partial charge in [0, 0.05) is 22.9 Å². The summed E-state index contributed by atoms with van der Waals surface area (Å²) in [6.07, 6.45) is 1.33. The molecule has 0 saturated heterocycles. The second-order valence-electron chi connectivity index (χ2n) is 6.40. The summed E-state index contributed by atoms with van der Waals surface area (Å²) in [5.41, 5.74) is 2.95. The van der Waals surface area contributed by atoms with Gasteiger partial charge < -0.3 is 9.52 Å². The molecule has 0 radical (unpaired) electrons. The first kappa shape index (κ1) is 18.6. The number of rotatable bonds is 4. The molecule has 0 atom stereocenters. The van der Waals surface area contributed by atoms with Crippen LogP contribution in [0.25, 0.3) is 22.6 Å². The normalized spacial score (nSPS) is 11.4. The molecule has 0 spiro atoms. The lowest BCUT2D eigenvalue weighted by atomic mass is 10.1. The van der Waals surface area contributed by atoms with Gasteiger partial charge in [-0.2, -0.15) is 0 Å².